The molecular weight excluding hydrogens is 337 g/mol. The van der Waals surface area contributed by atoms with Crippen LogP contribution in [0.4, 0.5) is 0 Å². The average Bonchev–Trinajstić information content (AvgIpc) is 2.54. The Balaban J connectivity index is 1.88. The van der Waals surface area contributed by atoms with Crippen molar-refractivity contribution in [3.05, 3.63) is 58.1 Å². The Morgan fingerprint density at radius 2 is 1.87 bits per heavy atom. The molecule has 4 nitrogen and oxygen atoms in total. The summed E-state index contributed by atoms with van der Waals surface area (Å²) < 4.78 is 10.5. The summed E-state index contributed by atoms with van der Waals surface area (Å²) in [5.41, 5.74) is 0.976. The largest absolute Gasteiger partial charge is 0.497 e. The normalized spacial score (nSPS) is 11.7. The highest BCUT2D eigenvalue weighted by Gasteiger charge is 2.11. The van der Waals surface area contributed by atoms with Crippen molar-refractivity contribution in [3.8, 4) is 11.5 Å². The van der Waals surface area contributed by atoms with Gasteiger partial charge in [-0.3, -0.25) is 4.79 Å². The Kier molecular flexibility index (Phi) is 6.13. The fourth-order valence-electron chi connectivity index (χ4n) is 1.99. The predicted octanol–water partition coefficient (Wildman–Crippen LogP) is 4.26. The molecule has 2 aromatic rings. The zero-order chi connectivity index (χ0) is 16.8. The molecule has 1 amide bonds. The molecule has 1 atom stereocenters. The highest BCUT2D eigenvalue weighted by atomic mass is 35.5. The lowest BCUT2D eigenvalue weighted by molar-refractivity contribution is -0.123. The zero-order valence-electron chi connectivity index (χ0n) is 12.8. The minimum absolute atomic E-state index is 0.123. The maximum absolute atomic E-state index is 12.0. The van der Waals surface area contributed by atoms with E-state index in [0.29, 0.717) is 15.8 Å². The number of hydrogen-bond acceptors (Lipinski definition) is 3. The molecule has 0 unspecified atom stereocenters. The Labute approximate surface area is 145 Å². The van der Waals surface area contributed by atoms with Crippen LogP contribution in [0.15, 0.2) is 42.5 Å². The maximum atomic E-state index is 12.0. The van der Waals surface area contributed by atoms with E-state index in [2.05, 4.69) is 5.32 Å². The SMILES string of the molecule is COc1ccc([C@H](C)NC(=O)COc2ccc(Cl)cc2Cl)cc1. The van der Waals surface area contributed by atoms with Crippen LogP contribution in [0, 0.1) is 0 Å². The summed E-state index contributed by atoms with van der Waals surface area (Å²) in [6, 6.07) is 12.2. The molecule has 0 aromatic heterocycles. The van der Waals surface area contributed by atoms with Gasteiger partial charge in [-0.1, -0.05) is 35.3 Å². The second kappa shape index (κ2) is 8.09. The lowest BCUT2D eigenvalue weighted by Gasteiger charge is -2.15. The third kappa shape index (κ3) is 5.05. The molecule has 122 valence electrons. The number of halogens is 2. The monoisotopic (exact) mass is 353 g/mol. The molecule has 1 N–H and O–H groups in total. The Morgan fingerprint density at radius 3 is 2.48 bits per heavy atom. The van der Waals surface area contributed by atoms with Crippen molar-refractivity contribution < 1.29 is 14.3 Å². The summed E-state index contributed by atoms with van der Waals surface area (Å²) in [5, 5.41) is 3.74. The van der Waals surface area contributed by atoms with Gasteiger partial charge in [0.05, 0.1) is 18.2 Å². The van der Waals surface area contributed by atoms with E-state index < -0.39 is 0 Å². The first-order chi connectivity index (χ1) is 11.0. The van der Waals surface area contributed by atoms with Crippen LogP contribution in [0.25, 0.3) is 0 Å². The average molecular weight is 354 g/mol. The van der Waals surface area contributed by atoms with E-state index in [0.717, 1.165) is 11.3 Å². The number of carbonyl (C=O) groups is 1. The molecule has 6 heteroatoms. The van der Waals surface area contributed by atoms with Gasteiger partial charge < -0.3 is 14.8 Å². The van der Waals surface area contributed by atoms with Gasteiger partial charge in [-0.05, 0) is 42.8 Å². The van der Waals surface area contributed by atoms with Gasteiger partial charge in [-0.2, -0.15) is 0 Å². The molecule has 2 rings (SSSR count). The summed E-state index contributed by atoms with van der Waals surface area (Å²) >= 11 is 11.8. The van der Waals surface area contributed by atoms with E-state index >= 15 is 0 Å². The molecule has 0 spiro atoms. The summed E-state index contributed by atoms with van der Waals surface area (Å²) in [5.74, 6) is 0.954. The van der Waals surface area contributed by atoms with E-state index in [-0.39, 0.29) is 18.6 Å². The first kappa shape index (κ1) is 17.4. The van der Waals surface area contributed by atoms with Gasteiger partial charge in [0, 0.05) is 5.02 Å². The molecule has 0 saturated heterocycles. The number of methoxy groups -OCH3 is 1. The van der Waals surface area contributed by atoms with Crippen LogP contribution in [0.2, 0.25) is 10.0 Å². The fraction of sp³-hybridized carbons (Fsp3) is 0.235. The van der Waals surface area contributed by atoms with Crippen LogP contribution in [-0.4, -0.2) is 19.6 Å². The molecule has 0 radical (unpaired) electrons. The highest BCUT2D eigenvalue weighted by Crippen LogP contribution is 2.27. The van der Waals surface area contributed by atoms with E-state index in [9.17, 15) is 4.79 Å². The van der Waals surface area contributed by atoms with Gasteiger partial charge >= 0.3 is 0 Å². The quantitative estimate of drug-likeness (QED) is 0.843. The van der Waals surface area contributed by atoms with Gasteiger partial charge in [-0.25, -0.2) is 0 Å². The first-order valence-electron chi connectivity index (χ1n) is 7.00. The van der Waals surface area contributed by atoms with E-state index in [1.54, 1.807) is 25.3 Å². The van der Waals surface area contributed by atoms with Gasteiger partial charge in [0.15, 0.2) is 6.61 Å². The van der Waals surface area contributed by atoms with E-state index in [4.69, 9.17) is 32.7 Å². The van der Waals surface area contributed by atoms with Gasteiger partial charge in [0.25, 0.3) is 5.91 Å². The van der Waals surface area contributed by atoms with Crippen molar-refractivity contribution in [3.63, 3.8) is 0 Å². The Hall–Kier alpha value is -1.91. The van der Waals surface area contributed by atoms with Crippen LogP contribution >= 0.6 is 23.2 Å². The molecule has 23 heavy (non-hydrogen) atoms. The lowest BCUT2D eigenvalue weighted by Crippen LogP contribution is -2.31. The van der Waals surface area contributed by atoms with Crippen LogP contribution in [0.5, 0.6) is 11.5 Å². The topological polar surface area (TPSA) is 47.6 Å². The van der Waals surface area contributed by atoms with Crippen LogP contribution in [-0.2, 0) is 4.79 Å². The first-order valence-corrected chi connectivity index (χ1v) is 7.76. The molecule has 0 aliphatic rings. The van der Waals surface area contributed by atoms with Crippen LogP contribution < -0.4 is 14.8 Å². The molecule has 2 aromatic carbocycles. The fourth-order valence-corrected chi connectivity index (χ4v) is 2.46. The van der Waals surface area contributed by atoms with Crippen molar-refractivity contribution in [2.24, 2.45) is 0 Å². The summed E-state index contributed by atoms with van der Waals surface area (Å²) in [6.07, 6.45) is 0. The molecule has 0 bridgehead atoms. The number of nitrogens with one attached hydrogen (secondary N) is 1. The second-order valence-electron chi connectivity index (χ2n) is 4.93. The molecule has 0 saturated carbocycles. The van der Waals surface area contributed by atoms with Gasteiger partial charge in [0.1, 0.15) is 11.5 Å². The number of carbonyl (C=O) groups excluding carboxylic acids is 1. The minimum Gasteiger partial charge on any atom is -0.497 e. The third-order valence-corrected chi connectivity index (χ3v) is 3.78. The van der Waals surface area contributed by atoms with Crippen molar-refractivity contribution in [2.45, 2.75) is 13.0 Å². The molecule has 0 aliphatic heterocycles. The van der Waals surface area contributed by atoms with Crippen molar-refractivity contribution in [1.82, 2.24) is 5.32 Å². The number of amides is 1. The molecule has 0 aliphatic carbocycles. The van der Waals surface area contributed by atoms with Crippen molar-refractivity contribution in [2.75, 3.05) is 13.7 Å². The predicted molar refractivity (Wildman–Crippen MR) is 91.5 cm³/mol. The number of hydrogen-bond donors (Lipinski definition) is 1. The van der Waals surface area contributed by atoms with Gasteiger partial charge in [0.2, 0.25) is 0 Å². The van der Waals surface area contributed by atoms with E-state index in [1.807, 2.05) is 31.2 Å². The standard InChI is InChI=1S/C17H17Cl2NO3/c1-11(12-3-6-14(22-2)7-4-12)20-17(21)10-23-16-8-5-13(18)9-15(16)19/h3-9,11H,10H2,1-2H3,(H,20,21)/t11-/m0/s1. The van der Waals surface area contributed by atoms with E-state index in [1.165, 1.54) is 0 Å². The smallest absolute Gasteiger partial charge is 0.258 e. The van der Waals surface area contributed by atoms with Crippen molar-refractivity contribution >= 4 is 29.1 Å². The number of ether oxygens (including phenoxy) is 2. The molecule has 0 fully saturated rings. The second-order valence-corrected chi connectivity index (χ2v) is 5.77. The number of rotatable bonds is 6. The summed E-state index contributed by atoms with van der Waals surface area (Å²) in [6.45, 7) is 1.77. The lowest BCUT2D eigenvalue weighted by atomic mass is 10.1. The van der Waals surface area contributed by atoms with Crippen LogP contribution in [0.1, 0.15) is 18.5 Å². The van der Waals surface area contributed by atoms with Crippen molar-refractivity contribution in [1.29, 1.82) is 0 Å². The number of benzene rings is 2. The minimum atomic E-state index is -0.237. The van der Waals surface area contributed by atoms with Crippen LogP contribution in [0.3, 0.4) is 0 Å². The summed E-state index contributed by atoms with van der Waals surface area (Å²) in [4.78, 5) is 12.0. The molecule has 0 heterocycles. The maximum Gasteiger partial charge on any atom is 0.258 e. The third-order valence-electron chi connectivity index (χ3n) is 3.25. The zero-order valence-corrected chi connectivity index (χ0v) is 14.3. The molecular formula is C17H17Cl2NO3. The highest BCUT2D eigenvalue weighted by molar-refractivity contribution is 6.35. The Bertz CT molecular complexity index is 674. The summed E-state index contributed by atoms with van der Waals surface area (Å²) in [7, 11) is 1.61. The Morgan fingerprint density at radius 1 is 1.17 bits per heavy atom. The van der Waals surface area contributed by atoms with Gasteiger partial charge in [-0.15, -0.1) is 0 Å².